The fourth-order valence-corrected chi connectivity index (χ4v) is 3.19. The molecule has 2 rings (SSSR count). The Kier molecular flexibility index (Phi) is 4.51. The van der Waals surface area contributed by atoms with Gasteiger partial charge >= 0.3 is 0 Å². The Hall–Kier alpha value is -0.740. The summed E-state index contributed by atoms with van der Waals surface area (Å²) in [7, 11) is 0. The van der Waals surface area contributed by atoms with Gasteiger partial charge in [0.05, 0.1) is 10.7 Å². The minimum Gasteiger partial charge on any atom is -0.299 e. The van der Waals surface area contributed by atoms with E-state index in [1.54, 1.807) is 11.3 Å². The lowest BCUT2D eigenvalue weighted by Gasteiger charge is -2.30. The highest BCUT2D eigenvalue weighted by Gasteiger charge is 2.25. The van der Waals surface area contributed by atoms with Crippen LogP contribution in [0.1, 0.15) is 50.2 Å². The second kappa shape index (κ2) is 5.93. The number of likely N-dealkylation sites (tertiary alicyclic amines) is 1. The van der Waals surface area contributed by atoms with Crippen LogP contribution in [0.2, 0.25) is 0 Å². The molecule has 2 heterocycles. The van der Waals surface area contributed by atoms with E-state index in [2.05, 4.69) is 36.0 Å². The Bertz CT molecular complexity index is 414. The van der Waals surface area contributed by atoms with Gasteiger partial charge in [-0.3, -0.25) is 9.69 Å². The SMILES string of the molecule is CCC1CN(Cc2csc(C(C)C)n2)CCC1=O. The van der Waals surface area contributed by atoms with Crippen molar-refractivity contribution in [2.45, 2.75) is 46.1 Å². The molecule has 0 aromatic carbocycles. The lowest BCUT2D eigenvalue weighted by Crippen LogP contribution is -2.40. The Morgan fingerprint density at radius 2 is 2.33 bits per heavy atom. The molecule has 1 atom stereocenters. The van der Waals surface area contributed by atoms with Gasteiger partial charge < -0.3 is 0 Å². The summed E-state index contributed by atoms with van der Waals surface area (Å²) in [6.07, 6.45) is 1.67. The highest BCUT2D eigenvalue weighted by molar-refractivity contribution is 7.09. The molecular weight excluding hydrogens is 244 g/mol. The molecule has 1 aliphatic heterocycles. The molecule has 100 valence electrons. The molecular formula is C14H22N2OS. The normalized spacial score (nSPS) is 21.8. The van der Waals surface area contributed by atoms with Crippen LogP contribution in [0.4, 0.5) is 0 Å². The first-order valence-corrected chi connectivity index (χ1v) is 7.67. The van der Waals surface area contributed by atoms with Crippen molar-refractivity contribution in [3.8, 4) is 0 Å². The summed E-state index contributed by atoms with van der Waals surface area (Å²) in [5.74, 6) is 1.19. The van der Waals surface area contributed by atoms with E-state index in [9.17, 15) is 4.79 Å². The molecule has 1 fully saturated rings. The number of hydrogen-bond donors (Lipinski definition) is 0. The van der Waals surface area contributed by atoms with Gasteiger partial charge in [0, 0.05) is 43.3 Å². The van der Waals surface area contributed by atoms with E-state index in [0.29, 0.717) is 18.1 Å². The molecule has 3 nitrogen and oxygen atoms in total. The number of aromatic nitrogens is 1. The van der Waals surface area contributed by atoms with E-state index < -0.39 is 0 Å². The maximum Gasteiger partial charge on any atom is 0.138 e. The monoisotopic (exact) mass is 266 g/mol. The van der Waals surface area contributed by atoms with E-state index in [1.807, 2.05) is 0 Å². The van der Waals surface area contributed by atoms with Crippen LogP contribution in [0.3, 0.4) is 0 Å². The number of carbonyl (C=O) groups is 1. The largest absolute Gasteiger partial charge is 0.299 e. The average molecular weight is 266 g/mol. The van der Waals surface area contributed by atoms with Crippen molar-refractivity contribution in [3.05, 3.63) is 16.1 Å². The zero-order valence-electron chi connectivity index (χ0n) is 11.5. The van der Waals surface area contributed by atoms with Gasteiger partial charge in [-0.15, -0.1) is 11.3 Å². The summed E-state index contributed by atoms with van der Waals surface area (Å²) < 4.78 is 0. The van der Waals surface area contributed by atoms with Crippen LogP contribution in [-0.4, -0.2) is 28.8 Å². The molecule has 1 aromatic heterocycles. The third kappa shape index (κ3) is 3.18. The predicted octanol–water partition coefficient (Wildman–Crippen LogP) is 3.07. The van der Waals surface area contributed by atoms with Gasteiger partial charge in [0.15, 0.2) is 0 Å². The van der Waals surface area contributed by atoms with Gasteiger partial charge in [-0.2, -0.15) is 0 Å². The summed E-state index contributed by atoms with van der Waals surface area (Å²) >= 11 is 1.75. The van der Waals surface area contributed by atoms with Gasteiger partial charge in [0.1, 0.15) is 5.78 Å². The van der Waals surface area contributed by atoms with E-state index in [0.717, 1.165) is 31.7 Å². The van der Waals surface area contributed by atoms with Crippen molar-refractivity contribution in [1.29, 1.82) is 0 Å². The van der Waals surface area contributed by atoms with Gasteiger partial charge in [0.25, 0.3) is 0 Å². The molecule has 18 heavy (non-hydrogen) atoms. The smallest absolute Gasteiger partial charge is 0.138 e. The maximum absolute atomic E-state index is 11.7. The summed E-state index contributed by atoms with van der Waals surface area (Å²) in [4.78, 5) is 18.7. The van der Waals surface area contributed by atoms with Crippen LogP contribution in [0.15, 0.2) is 5.38 Å². The standard InChI is InChI=1S/C14H22N2OS/c1-4-11-7-16(6-5-13(11)17)8-12-9-18-14(15-12)10(2)3/h9-11H,4-8H2,1-3H3. The van der Waals surface area contributed by atoms with Crippen molar-refractivity contribution < 1.29 is 4.79 Å². The van der Waals surface area contributed by atoms with Crippen molar-refractivity contribution >= 4 is 17.1 Å². The molecule has 0 radical (unpaired) electrons. The molecule has 1 aliphatic rings. The highest BCUT2D eigenvalue weighted by Crippen LogP contribution is 2.22. The number of carbonyl (C=O) groups excluding carboxylic acids is 1. The third-order valence-corrected chi connectivity index (χ3v) is 4.74. The number of thiazole rings is 1. The molecule has 0 N–H and O–H groups in total. The lowest BCUT2D eigenvalue weighted by molar-refractivity contribution is -0.126. The molecule has 0 spiro atoms. The predicted molar refractivity (Wildman–Crippen MR) is 74.9 cm³/mol. The van der Waals surface area contributed by atoms with Crippen LogP contribution in [0, 0.1) is 5.92 Å². The summed E-state index contributed by atoms with van der Waals surface area (Å²) in [6.45, 7) is 9.15. The van der Waals surface area contributed by atoms with Crippen LogP contribution >= 0.6 is 11.3 Å². The fourth-order valence-electron chi connectivity index (χ4n) is 2.37. The number of piperidine rings is 1. The van der Waals surface area contributed by atoms with Gasteiger partial charge in [-0.25, -0.2) is 4.98 Å². The number of ketones is 1. The van der Waals surface area contributed by atoms with E-state index in [-0.39, 0.29) is 5.92 Å². The zero-order chi connectivity index (χ0) is 13.1. The van der Waals surface area contributed by atoms with E-state index >= 15 is 0 Å². The summed E-state index contributed by atoms with van der Waals surface area (Å²) in [5.41, 5.74) is 1.16. The fraction of sp³-hybridized carbons (Fsp3) is 0.714. The number of nitrogens with zero attached hydrogens (tertiary/aromatic N) is 2. The molecule has 0 amide bonds. The Labute approximate surface area is 113 Å². The van der Waals surface area contributed by atoms with Gasteiger partial charge in [-0.1, -0.05) is 20.8 Å². The number of Topliss-reactive ketones (excluding diaryl/α,β-unsaturated/α-hetero) is 1. The third-order valence-electron chi connectivity index (χ3n) is 3.55. The molecule has 0 aliphatic carbocycles. The first kappa shape index (κ1) is 13.7. The molecule has 0 bridgehead atoms. The van der Waals surface area contributed by atoms with Gasteiger partial charge in [-0.05, 0) is 6.42 Å². The second-order valence-corrected chi connectivity index (χ2v) is 6.28. The molecule has 0 saturated carbocycles. The first-order chi connectivity index (χ1) is 8.60. The number of hydrogen-bond acceptors (Lipinski definition) is 4. The molecule has 1 saturated heterocycles. The Morgan fingerprint density at radius 3 is 2.94 bits per heavy atom. The first-order valence-electron chi connectivity index (χ1n) is 6.79. The minimum atomic E-state index is 0.238. The highest BCUT2D eigenvalue weighted by atomic mass is 32.1. The number of rotatable bonds is 4. The molecule has 4 heteroatoms. The molecule has 1 aromatic rings. The summed E-state index contributed by atoms with van der Waals surface area (Å²) in [6, 6.07) is 0. The van der Waals surface area contributed by atoms with Crippen LogP contribution in [0.25, 0.3) is 0 Å². The zero-order valence-corrected chi connectivity index (χ0v) is 12.3. The molecule has 1 unspecified atom stereocenters. The lowest BCUT2D eigenvalue weighted by atomic mass is 9.94. The van der Waals surface area contributed by atoms with E-state index in [4.69, 9.17) is 0 Å². The van der Waals surface area contributed by atoms with Crippen molar-refractivity contribution in [2.75, 3.05) is 13.1 Å². The van der Waals surface area contributed by atoms with Crippen LogP contribution in [-0.2, 0) is 11.3 Å². The van der Waals surface area contributed by atoms with Crippen LogP contribution < -0.4 is 0 Å². The summed E-state index contributed by atoms with van der Waals surface area (Å²) in [5, 5.41) is 3.37. The van der Waals surface area contributed by atoms with Crippen molar-refractivity contribution in [3.63, 3.8) is 0 Å². The van der Waals surface area contributed by atoms with E-state index in [1.165, 1.54) is 5.01 Å². The van der Waals surface area contributed by atoms with Gasteiger partial charge in [0.2, 0.25) is 0 Å². The maximum atomic E-state index is 11.7. The van der Waals surface area contributed by atoms with Crippen molar-refractivity contribution in [2.24, 2.45) is 5.92 Å². The topological polar surface area (TPSA) is 33.2 Å². The quantitative estimate of drug-likeness (QED) is 0.839. The minimum absolute atomic E-state index is 0.238. The Balaban J connectivity index is 1.94. The second-order valence-electron chi connectivity index (χ2n) is 5.39. The average Bonchev–Trinajstić information content (AvgIpc) is 2.80. The Morgan fingerprint density at radius 1 is 1.56 bits per heavy atom. The van der Waals surface area contributed by atoms with Crippen molar-refractivity contribution in [1.82, 2.24) is 9.88 Å². The van der Waals surface area contributed by atoms with Crippen LogP contribution in [0.5, 0.6) is 0 Å².